The molecule has 0 atom stereocenters. The zero-order valence-electron chi connectivity index (χ0n) is 12.8. The lowest BCUT2D eigenvalue weighted by Crippen LogP contribution is -2.20. The van der Waals surface area contributed by atoms with Gasteiger partial charge in [0.25, 0.3) is 5.91 Å². The average Bonchev–Trinajstić information content (AvgIpc) is 2.54. The molecule has 2 aromatic carbocycles. The van der Waals surface area contributed by atoms with Crippen LogP contribution in [0.5, 0.6) is 5.75 Å². The predicted octanol–water partition coefficient (Wildman–Crippen LogP) is 4.19. The minimum atomic E-state index is -0.512. The largest absolute Gasteiger partial charge is 0.482 e. The minimum absolute atomic E-state index is 0.193. The molecule has 0 aliphatic rings. The summed E-state index contributed by atoms with van der Waals surface area (Å²) >= 11 is 12.0. The van der Waals surface area contributed by atoms with Crippen molar-refractivity contribution in [3.05, 3.63) is 58.1 Å². The number of amides is 1. The van der Waals surface area contributed by atoms with E-state index in [1.165, 1.54) is 12.1 Å². The molecule has 0 saturated heterocycles. The monoisotopic (exact) mass is 367 g/mol. The average molecular weight is 368 g/mol. The fourth-order valence-electron chi connectivity index (χ4n) is 1.87. The van der Waals surface area contributed by atoms with E-state index in [0.717, 1.165) is 0 Å². The number of hydrogen-bond donors (Lipinski definition) is 1. The summed E-state index contributed by atoms with van der Waals surface area (Å²) in [7, 11) is 0. The first-order valence-electron chi connectivity index (χ1n) is 7.15. The molecule has 1 N–H and O–H groups in total. The van der Waals surface area contributed by atoms with Crippen LogP contribution in [0.25, 0.3) is 0 Å². The van der Waals surface area contributed by atoms with E-state index in [1.807, 2.05) is 0 Å². The van der Waals surface area contributed by atoms with Crippen molar-refractivity contribution in [1.82, 2.24) is 0 Å². The molecular formula is C17H15Cl2NO4. The second-order valence-electron chi connectivity index (χ2n) is 4.68. The second-order valence-corrected chi connectivity index (χ2v) is 5.50. The van der Waals surface area contributed by atoms with Crippen LogP contribution >= 0.6 is 23.2 Å². The quantitative estimate of drug-likeness (QED) is 0.777. The standard InChI is InChI=1S/C17H15Cl2NO4/c1-2-23-17(22)12-8-7-11(9-14(12)19)20-16(21)10-24-15-6-4-3-5-13(15)18/h3-9H,2,10H2,1H3,(H,20,21). The van der Waals surface area contributed by atoms with Crippen LogP contribution in [0.1, 0.15) is 17.3 Å². The zero-order chi connectivity index (χ0) is 17.5. The van der Waals surface area contributed by atoms with Crippen molar-refractivity contribution < 1.29 is 19.1 Å². The highest BCUT2D eigenvalue weighted by Gasteiger charge is 2.13. The third kappa shape index (κ3) is 4.88. The van der Waals surface area contributed by atoms with E-state index in [0.29, 0.717) is 16.5 Å². The van der Waals surface area contributed by atoms with Gasteiger partial charge in [0.2, 0.25) is 0 Å². The molecule has 2 aromatic rings. The topological polar surface area (TPSA) is 64.6 Å². The SMILES string of the molecule is CCOC(=O)c1ccc(NC(=O)COc2ccccc2Cl)cc1Cl. The number of carbonyl (C=O) groups excluding carboxylic acids is 2. The molecule has 0 aliphatic carbocycles. The molecule has 0 aliphatic heterocycles. The third-order valence-electron chi connectivity index (χ3n) is 2.94. The fourth-order valence-corrected chi connectivity index (χ4v) is 2.32. The van der Waals surface area contributed by atoms with Crippen LogP contribution in [0.2, 0.25) is 10.0 Å². The van der Waals surface area contributed by atoms with Crippen molar-refractivity contribution in [3.8, 4) is 5.75 Å². The fraction of sp³-hybridized carbons (Fsp3) is 0.176. The van der Waals surface area contributed by atoms with Gasteiger partial charge in [-0.15, -0.1) is 0 Å². The summed E-state index contributed by atoms with van der Waals surface area (Å²) in [6.07, 6.45) is 0. The van der Waals surface area contributed by atoms with E-state index in [4.69, 9.17) is 32.7 Å². The normalized spacial score (nSPS) is 10.1. The number of nitrogens with one attached hydrogen (secondary N) is 1. The van der Waals surface area contributed by atoms with Crippen molar-refractivity contribution in [2.75, 3.05) is 18.5 Å². The zero-order valence-corrected chi connectivity index (χ0v) is 14.4. The Labute approximate surface area is 149 Å². The molecule has 0 bridgehead atoms. The van der Waals surface area contributed by atoms with E-state index in [9.17, 15) is 9.59 Å². The van der Waals surface area contributed by atoms with Crippen LogP contribution < -0.4 is 10.1 Å². The summed E-state index contributed by atoms with van der Waals surface area (Å²) in [5.41, 5.74) is 0.685. The van der Waals surface area contributed by atoms with Crippen LogP contribution in [0.15, 0.2) is 42.5 Å². The first-order valence-corrected chi connectivity index (χ1v) is 7.90. The summed E-state index contributed by atoms with van der Waals surface area (Å²) in [4.78, 5) is 23.6. The van der Waals surface area contributed by atoms with Crippen LogP contribution in [0.4, 0.5) is 5.69 Å². The number of rotatable bonds is 6. The van der Waals surface area contributed by atoms with Gasteiger partial charge in [-0.3, -0.25) is 4.79 Å². The Morgan fingerprint density at radius 2 is 1.83 bits per heavy atom. The van der Waals surface area contributed by atoms with Crippen molar-refractivity contribution in [2.45, 2.75) is 6.92 Å². The molecule has 1 amide bonds. The number of anilines is 1. The van der Waals surface area contributed by atoms with E-state index in [2.05, 4.69) is 5.32 Å². The molecule has 0 saturated carbocycles. The molecule has 5 nitrogen and oxygen atoms in total. The van der Waals surface area contributed by atoms with Crippen LogP contribution in [-0.4, -0.2) is 25.1 Å². The van der Waals surface area contributed by atoms with Gasteiger partial charge >= 0.3 is 5.97 Å². The number of carbonyl (C=O) groups is 2. The molecule has 7 heteroatoms. The van der Waals surface area contributed by atoms with Gasteiger partial charge in [0.15, 0.2) is 6.61 Å². The van der Waals surface area contributed by atoms with Gasteiger partial charge in [-0.25, -0.2) is 4.79 Å². The smallest absolute Gasteiger partial charge is 0.339 e. The highest BCUT2D eigenvalue weighted by atomic mass is 35.5. The van der Waals surface area contributed by atoms with Gasteiger partial charge in [-0.05, 0) is 37.3 Å². The maximum absolute atomic E-state index is 11.9. The Hall–Kier alpha value is -2.24. The van der Waals surface area contributed by atoms with E-state index >= 15 is 0 Å². The number of benzene rings is 2. The molecule has 0 heterocycles. The van der Waals surface area contributed by atoms with Crippen molar-refractivity contribution >= 4 is 40.8 Å². The Morgan fingerprint density at radius 3 is 2.50 bits per heavy atom. The summed E-state index contributed by atoms with van der Waals surface area (Å²) < 4.78 is 10.2. The van der Waals surface area contributed by atoms with Gasteiger partial charge in [0, 0.05) is 5.69 Å². The van der Waals surface area contributed by atoms with Gasteiger partial charge in [-0.1, -0.05) is 35.3 Å². The van der Waals surface area contributed by atoms with E-state index < -0.39 is 5.97 Å². The number of hydrogen-bond acceptors (Lipinski definition) is 4. The van der Waals surface area contributed by atoms with E-state index in [-0.39, 0.29) is 29.7 Å². The Morgan fingerprint density at radius 1 is 1.08 bits per heavy atom. The number of esters is 1. The molecule has 0 aromatic heterocycles. The Kier molecular flexibility index (Phi) is 6.46. The minimum Gasteiger partial charge on any atom is -0.482 e. The van der Waals surface area contributed by atoms with Crippen molar-refractivity contribution in [1.29, 1.82) is 0 Å². The number of ether oxygens (including phenoxy) is 2. The maximum Gasteiger partial charge on any atom is 0.339 e. The summed E-state index contributed by atoms with van der Waals surface area (Å²) in [6.45, 7) is 1.76. The van der Waals surface area contributed by atoms with E-state index in [1.54, 1.807) is 37.3 Å². The summed E-state index contributed by atoms with van der Waals surface area (Å²) in [5.74, 6) is -0.470. The first kappa shape index (κ1) is 18.1. The van der Waals surface area contributed by atoms with Crippen LogP contribution in [-0.2, 0) is 9.53 Å². The molecule has 2 rings (SSSR count). The molecule has 0 unspecified atom stereocenters. The van der Waals surface area contributed by atoms with Crippen molar-refractivity contribution in [3.63, 3.8) is 0 Å². The predicted molar refractivity (Wildman–Crippen MR) is 93.0 cm³/mol. The highest BCUT2D eigenvalue weighted by molar-refractivity contribution is 6.34. The molecule has 24 heavy (non-hydrogen) atoms. The third-order valence-corrected chi connectivity index (χ3v) is 3.57. The van der Waals surface area contributed by atoms with Gasteiger partial charge in [0.1, 0.15) is 5.75 Å². The lowest BCUT2D eigenvalue weighted by molar-refractivity contribution is -0.118. The number of halogens is 2. The Bertz CT molecular complexity index is 749. The molecule has 0 spiro atoms. The molecular weight excluding hydrogens is 353 g/mol. The second kappa shape index (κ2) is 8.57. The van der Waals surface area contributed by atoms with Gasteiger partial charge in [0.05, 0.1) is 22.2 Å². The molecule has 126 valence electrons. The first-order chi connectivity index (χ1) is 11.5. The van der Waals surface area contributed by atoms with Gasteiger partial charge < -0.3 is 14.8 Å². The highest BCUT2D eigenvalue weighted by Crippen LogP contribution is 2.24. The summed E-state index contributed by atoms with van der Waals surface area (Å²) in [5, 5.41) is 3.24. The maximum atomic E-state index is 11.9. The lowest BCUT2D eigenvalue weighted by atomic mass is 10.2. The lowest BCUT2D eigenvalue weighted by Gasteiger charge is -2.10. The Balaban J connectivity index is 1.96. The number of para-hydroxylation sites is 1. The molecule has 0 fully saturated rings. The van der Waals surface area contributed by atoms with Crippen LogP contribution in [0.3, 0.4) is 0 Å². The van der Waals surface area contributed by atoms with Crippen molar-refractivity contribution in [2.24, 2.45) is 0 Å². The van der Waals surface area contributed by atoms with Crippen LogP contribution in [0, 0.1) is 0 Å². The van der Waals surface area contributed by atoms with Gasteiger partial charge in [-0.2, -0.15) is 0 Å². The summed E-state index contributed by atoms with van der Waals surface area (Å²) in [6, 6.07) is 11.4. The molecule has 0 radical (unpaired) electrons.